The van der Waals surface area contributed by atoms with Crippen molar-refractivity contribution in [2.45, 2.75) is 6.92 Å². The largest absolute Gasteiger partial charge is 0.496 e. The average molecular weight is 295 g/mol. The van der Waals surface area contributed by atoms with E-state index in [1.807, 2.05) is 74.5 Å². The maximum atomic E-state index is 12.4. The Hall–Kier alpha value is -2.55. The van der Waals surface area contributed by atoms with Crippen molar-refractivity contribution in [1.82, 2.24) is 0 Å². The Bertz CT molecular complexity index is 685. The molecule has 3 nitrogen and oxygen atoms in total. The molecule has 2 aromatic carbocycles. The summed E-state index contributed by atoms with van der Waals surface area (Å²) in [4.78, 5) is 14.4. The standard InChI is InChI=1S/C19H21NO2/c1-14-5-12-19(22-4)17(13-14)18(21)11-8-15-6-9-16(10-7-15)20(2)3/h5-13H,1-4H3/b11-8+. The highest BCUT2D eigenvalue weighted by Gasteiger charge is 2.09. The number of carbonyl (C=O) groups is 1. The number of methoxy groups -OCH3 is 1. The number of ether oxygens (including phenoxy) is 1. The summed E-state index contributed by atoms with van der Waals surface area (Å²) < 4.78 is 5.26. The van der Waals surface area contributed by atoms with Gasteiger partial charge in [0.1, 0.15) is 5.75 Å². The first-order valence-corrected chi connectivity index (χ1v) is 7.15. The molecular weight excluding hydrogens is 274 g/mol. The van der Waals surface area contributed by atoms with Gasteiger partial charge < -0.3 is 9.64 Å². The molecular formula is C19H21NO2. The number of ketones is 1. The fourth-order valence-corrected chi connectivity index (χ4v) is 2.16. The molecule has 22 heavy (non-hydrogen) atoms. The van der Waals surface area contributed by atoms with Crippen LogP contribution < -0.4 is 9.64 Å². The number of hydrogen-bond donors (Lipinski definition) is 0. The van der Waals surface area contributed by atoms with E-state index < -0.39 is 0 Å². The van der Waals surface area contributed by atoms with Gasteiger partial charge in [0.05, 0.1) is 12.7 Å². The Morgan fingerprint density at radius 1 is 1.09 bits per heavy atom. The Balaban J connectivity index is 2.19. The topological polar surface area (TPSA) is 29.5 Å². The van der Waals surface area contributed by atoms with Crippen LogP contribution in [-0.4, -0.2) is 27.0 Å². The second-order valence-corrected chi connectivity index (χ2v) is 5.39. The number of anilines is 1. The first-order chi connectivity index (χ1) is 10.5. The number of nitrogens with zero attached hydrogens (tertiary/aromatic N) is 1. The number of rotatable bonds is 5. The van der Waals surface area contributed by atoms with Gasteiger partial charge in [-0.1, -0.05) is 29.8 Å². The zero-order valence-electron chi connectivity index (χ0n) is 13.5. The first-order valence-electron chi connectivity index (χ1n) is 7.15. The molecule has 0 saturated heterocycles. The Morgan fingerprint density at radius 3 is 2.36 bits per heavy atom. The van der Waals surface area contributed by atoms with Crippen molar-refractivity contribution in [1.29, 1.82) is 0 Å². The van der Waals surface area contributed by atoms with Gasteiger partial charge >= 0.3 is 0 Å². The molecule has 0 aromatic heterocycles. The predicted molar refractivity (Wildman–Crippen MR) is 91.9 cm³/mol. The maximum Gasteiger partial charge on any atom is 0.189 e. The van der Waals surface area contributed by atoms with Gasteiger partial charge in [0.15, 0.2) is 5.78 Å². The van der Waals surface area contributed by atoms with Crippen molar-refractivity contribution >= 4 is 17.5 Å². The summed E-state index contributed by atoms with van der Waals surface area (Å²) in [6.07, 6.45) is 3.41. The van der Waals surface area contributed by atoms with Crippen LogP contribution in [0.2, 0.25) is 0 Å². The van der Waals surface area contributed by atoms with Crippen molar-refractivity contribution in [3.8, 4) is 5.75 Å². The van der Waals surface area contributed by atoms with Gasteiger partial charge in [-0.2, -0.15) is 0 Å². The zero-order valence-corrected chi connectivity index (χ0v) is 13.5. The van der Waals surface area contributed by atoms with Crippen LogP contribution >= 0.6 is 0 Å². The van der Waals surface area contributed by atoms with Crippen LogP contribution in [0.25, 0.3) is 6.08 Å². The molecule has 0 unspecified atom stereocenters. The molecule has 0 aliphatic rings. The fraction of sp³-hybridized carbons (Fsp3) is 0.211. The normalized spacial score (nSPS) is 10.7. The summed E-state index contributed by atoms with van der Waals surface area (Å²) in [5, 5.41) is 0. The Labute approximate surface area is 131 Å². The molecule has 0 atom stereocenters. The van der Waals surface area contributed by atoms with E-state index in [0.717, 1.165) is 16.8 Å². The third-order valence-electron chi connectivity index (χ3n) is 3.46. The van der Waals surface area contributed by atoms with E-state index in [0.29, 0.717) is 11.3 Å². The lowest BCUT2D eigenvalue weighted by Crippen LogP contribution is -2.07. The van der Waals surface area contributed by atoms with Gasteiger partial charge in [-0.05, 0) is 42.8 Å². The van der Waals surface area contributed by atoms with Gasteiger partial charge in [0.2, 0.25) is 0 Å². The van der Waals surface area contributed by atoms with Gasteiger partial charge in [0.25, 0.3) is 0 Å². The minimum absolute atomic E-state index is 0.0581. The summed E-state index contributed by atoms with van der Waals surface area (Å²) in [7, 11) is 5.57. The molecule has 0 aliphatic carbocycles. The highest BCUT2D eigenvalue weighted by atomic mass is 16.5. The molecule has 114 valence electrons. The summed E-state index contributed by atoms with van der Waals surface area (Å²) in [5.41, 5.74) is 3.74. The molecule has 0 heterocycles. The minimum atomic E-state index is -0.0581. The molecule has 2 aromatic rings. The van der Waals surface area contributed by atoms with Gasteiger partial charge in [-0.25, -0.2) is 0 Å². The second kappa shape index (κ2) is 6.94. The highest BCUT2D eigenvalue weighted by molar-refractivity contribution is 6.08. The lowest BCUT2D eigenvalue weighted by atomic mass is 10.1. The third kappa shape index (κ3) is 3.76. The van der Waals surface area contributed by atoms with Crippen LogP contribution in [0.1, 0.15) is 21.5 Å². The second-order valence-electron chi connectivity index (χ2n) is 5.39. The lowest BCUT2D eigenvalue weighted by molar-refractivity contribution is 0.104. The number of benzene rings is 2. The van der Waals surface area contributed by atoms with E-state index in [2.05, 4.69) is 0 Å². The molecule has 0 fully saturated rings. The van der Waals surface area contributed by atoms with Crippen LogP contribution in [-0.2, 0) is 0 Å². The van der Waals surface area contributed by atoms with Crippen LogP contribution in [0.15, 0.2) is 48.5 Å². The van der Waals surface area contributed by atoms with E-state index in [1.165, 1.54) is 0 Å². The Kier molecular flexibility index (Phi) is 4.99. The average Bonchev–Trinajstić information content (AvgIpc) is 2.53. The van der Waals surface area contributed by atoms with Gasteiger partial charge in [-0.3, -0.25) is 4.79 Å². The van der Waals surface area contributed by atoms with E-state index in [1.54, 1.807) is 13.2 Å². The summed E-state index contributed by atoms with van der Waals surface area (Å²) >= 11 is 0. The third-order valence-corrected chi connectivity index (χ3v) is 3.46. The molecule has 0 aliphatic heterocycles. The van der Waals surface area contributed by atoms with Crippen molar-refractivity contribution in [3.63, 3.8) is 0 Å². The molecule has 0 radical (unpaired) electrons. The van der Waals surface area contributed by atoms with E-state index in [-0.39, 0.29) is 5.78 Å². The molecule has 3 heteroatoms. The van der Waals surface area contributed by atoms with Crippen LogP contribution in [0.4, 0.5) is 5.69 Å². The first kappa shape index (κ1) is 15.8. The number of aryl methyl sites for hydroxylation is 1. The summed E-state index contributed by atoms with van der Waals surface area (Å²) in [5.74, 6) is 0.542. The Morgan fingerprint density at radius 2 is 1.77 bits per heavy atom. The fourth-order valence-electron chi connectivity index (χ4n) is 2.16. The predicted octanol–water partition coefficient (Wildman–Crippen LogP) is 3.97. The smallest absolute Gasteiger partial charge is 0.189 e. The number of allylic oxidation sites excluding steroid dienone is 1. The van der Waals surface area contributed by atoms with E-state index in [9.17, 15) is 4.79 Å². The molecule has 0 bridgehead atoms. The highest BCUT2D eigenvalue weighted by Crippen LogP contribution is 2.21. The minimum Gasteiger partial charge on any atom is -0.496 e. The summed E-state index contributed by atoms with van der Waals surface area (Å²) in [6.45, 7) is 1.96. The van der Waals surface area contributed by atoms with Crippen molar-refractivity contribution in [3.05, 3.63) is 65.2 Å². The van der Waals surface area contributed by atoms with Crippen molar-refractivity contribution in [2.24, 2.45) is 0 Å². The van der Waals surface area contributed by atoms with Crippen LogP contribution in [0, 0.1) is 6.92 Å². The van der Waals surface area contributed by atoms with Crippen molar-refractivity contribution < 1.29 is 9.53 Å². The molecule has 0 spiro atoms. The van der Waals surface area contributed by atoms with Gasteiger partial charge in [-0.15, -0.1) is 0 Å². The monoisotopic (exact) mass is 295 g/mol. The van der Waals surface area contributed by atoms with Crippen LogP contribution in [0.5, 0.6) is 5.75 Å². The van der Waals surface area contributed by atoms with E-state index >= 15 is 0 Å². The number of carbonyl (C=O) groups excluding carboxylic acids is 1. The molecule has 0 amide bonds. The SMILES string of the molecule is COc1ccc(C)cc1C(=O)/C=C/c1ccc(N(C)C)cc1. The van der Waals surface area contributed by atoms with Crippen LogP contribution in [0.3, 0.4) is 0 Å². The molecule has 0 saturated carbocycles. The van der Waals surface area contributed by atoms with Crippen molar-refractivity contribution in [2.75, 3.05) is 26.1 Å². The molecule has 2 rings (SSSR count). The maximum absolute atomic E-state index is 12.4. The quantitative estimate of drug-likeness (QED) is 0.617. The zero-order chi connectivity index (χ0) is 16.1. The lowest BCUT2D eigenvalue weighted by Gasteiger charge is -2.11. The molecule has 0 N–H and O–H groups in total. The van der Waals surface area contributed by atoms with Gasteiger partial charge in [0, 0.05) is 19.8 Å². The number of hydrogen-bond acceptors (Lipinski definition) is 3. The van der Waals surface area contributed by atoms with E-state index in [4.69, 9.17) is 4.74 Å². The summed E-state index contributed by atoms with van der Waals surface area (Å²) in [6, 6.07) is 13.6.